The molecule has 3 heteroatoms. The van der Waals surface area contributed by atoms with Gasteiger partial charge in [-0.15, -0.1) is 0 Å². The van der Waals surface area contributed by atoms with E-state index in [1.165, 1.54) is 5.56 Å². The van der Waals surface area contributed by atoms with Gasteiger partial charge in [-0.1, -0.05) is 24.3 Å². The first-order chi connectivity index (χ1) is 9.99. The van der Waals surface area contributed by atoms with Gasteiger partial charge in [0, 0.05) is 16.8 Å². The number of hydrogen-bond donors (Lipinski definition) is 0. The Kier molecular flexibility index (Phi) is 3.30. The van der Waals surface area contributed by atoms with Gasteiger partial charge in [0.15, 0.2) is 0 Å². The smallest absolute Gasteiger partial charge is 0.344 e. The van der Waals surface area contributed by atoms with Crippen LogP contribution >= 0.6 is 0 Å². The zero-order valence-electron chi connectivity index (χ0n) is 12.8. The third kappa shape index (κ3) is 2.24. The van der Waals surface area contributed by atoms with Crippen molar-refractivity contribution in [2.45, 2.75) is 19.9 Å². The molecule has 3 aromatic rings. The Balaban J connectivity index is 2.53. The van der Waals surface area contributed by atoms with E-state index in [0.717, 1.165) is 16.3 Å². The number of aryl methyl sites for hydroxylation is 1. The van der Waals surface area contributed by atoms with Gasteiger partial charge >= 0.3 is 5.63 Å². The molecule has 1 aromatic heterocycles. The molecule has 1 atom stereocenters. The highest BCUT2D eigenvalue weighted by Crippen LogP contribution is 2.32. The minimum atomic E-state index is -0.271. The van der Waals surface area contributed by atoms with Gasteiger partial charge in [-0.05, 0) is 51.2 Å². The first-order valence-electron chi connectivity index (χ1n) is 7.11. The van der Waals surface area contributed by atoms with Crippen molar-refractivity contribution in [2.24, 2.45) is 0 Å². The average Bonchev–Trinajstić information content (AvgIpc) is 2.45. The van der Waals surface area contributed by atoms with Gasteiger partial charge in [0.2, 0.25) is 0 Å². The summed E-state index contributed by atoms with van der Waals surface area (Å²) in [7, 11) is 4.11. The quantitative estimate of drug-likeness (QED) is 0.528. The van der Waals surface area contributed by atoms with Crippen LogP contribution in [0, 0.1) is 6.92 Å². The van der Waals surface area contributed by atoms with Crippen molar-refractivity contribution in [3.63, 3.8) is 0 Å². The molecule has 3 nitrogen and oxygen atoms in total. The lowest BCUT2D eigenvalue weighted by Gasteiger charge is -2.22. The molecule has 0 bridgehead atoms. The van der Waals surface area contributed by atoms with E-state index in [1.807, 2.05) is 37.3 Å². The zero-order valence-corrected chi connectivity index (χ0v) is 12.8. The molecule has 0 aliphatic heterocycles. The second-order valence-electron chi connectivity index (χ2n) is 5.80. The molecule has 108 valence electrons. The SMILES string of the molecule is Cc1cc(C(C)N(C)C)c2c(c1)oc(=O)c1ccccc12. The van der Waals surface area contributed by atoms with Crippen LogP contribution in [-0.2, 0) is 0 Å². The number of fused-ring (bicyclic) bond motifs is 3. The molecular weight excluding hydrogens is 262 g/mol. The summed E-state index contributed by atoms with van der Waals surface area (Å²) in [4.78, 5) is 14.3. The maximum atomic E-state index is 12.1. The van der Waals surface area contributed by atoms with E-state index in [1.54, 1.807) is 0 Å². The summed E-state index contributed by atoms with van der Waals surface area (Å²) < 4.78 is 5.55. The highest BCUT2D eigenvalue weighted by molar-refractivity contribution is 6.06. The molecule has 3 rings (SSSR count). The summed E-state index contributed by atoms with van der Waals surface area (Å²) in [5.74, 6) is 0. The maximum Gasteiger partial charge on any atom is 0.344 e. The van der Waals surface area contributed by atoms with Gasteiger partial charge in [0.05, 0.1) is 5.39 Å². The molecule has 0 N–H and O–H groups in total. The fourth-order valence-electron chi connectivity index (χ4n) is 2.79. The summed E-state index contributed by atoms with van der Waals surface area (Å²) >= 11 is 0. The summed E-state index contributed by atoms with van der Waals surface area (Å²) in [6, 6.07) is 12.0. The Labute approximate surface area is 123 Å². The van der Waals surface area contributed by atoms with E-state index in [0.29, 0.717) is 11.0 Å². The van der Waals surface area contributed by atoms with Crippen LogP contribution in [0.5, 0.6) is 0 Å². The van der Waals surface area contributed by atoms with Gasteiger partial charge in [0.1, 0.15) is 5.58 Å². The van der Waals surface area contributed by atoms with Crippen molar-refractivity contribution in [3.05, 3.63) is 57.9 Å². The van der Waals surface area contributed by atoms with Crippen molar-refractivity contribution >= 4 is 21.7 Å². The lowest BCUT2D eigenvalue weighted by atomic mass is 9.96. The minimum Gasteiger partial charge on any atom is -0.422 e. The molecule has 0 saturated carbocycles. The lowest BCUT2D eigenvalue weighted by molar-refractivity contribution is 0.322. The fraction of sp³-hybridized carbons (Fsp3) is 0.278. The Morgan fingerprint density at radius 3 is 2.43 bits per heavy atom. The van der Waals surface area contributed by atoms with Crippen molar-refractivity contribution < 1.29 is 4.42 Å². The Morgan fingerprint density at radius 1 is 1.10 bits per heavy atom. The molecule has 0 aliphatic rings. The Hall–Kier alpha value is -2.13. The van der Waals surface area contributed by atoms with E-state index in [4.69, 9.17) is 4.42 Å². The van der Waals surface area contributed by atoms with E-state index in [-0.39, 0.29) is 11.7 Å². The van der Waals surface area contributed by atoms with Crippen LogP contribution < -0.4 is 5.63 Å². The largest absolute Gasteiger partial charge is 0.422 e. The van der Waals surface area contributed by atoms with Gasteiger partial charge in [-0.2, -0.15) is 0 Å². The number of benzene rings is 2. The number of nitrogens with zero attached hydrogens (tertiary/aromatic N) is 1. The summed E-state index contributed by atoms with van der Waals surface area (Å²) in [5.41, 5.74) is 2.69. The third-order valence-corrected chi connectivity index (χ3v) is 4.12. The predicted octanol–water partition coefficient (Wildman–Crippen LogP) is 3.88. The Morgan fingerprint density at radius 2 is 1.76 bits per heavy atom. The number of rotatable bonds is 2. The molecule has 0 saturated heterocycles. The van der Waals surface area contributed by atoms with E-state index in [2.05, 4.69) is 32.0 Å². The van der Waals surface area contributed by atoms with Gasteiger partial charge in [-0.3, -0.25) is 0 Å². The molecule has 0 fully saturated rings. The van der Waals surface area contributed by atoms with Crippen LogP contribution in [0.15, 0.2) is 45.6 Å². The summed E-state index contributed by atoms with van der Waals surface area (Å²) in [5, 5.41) is 2.64. The highest BCUT2D eigenvalue weighted by atomic mass is 16.4. The average molecular weight is 281 g/mol. The maximum absolute atomic E-state index is 12.1. The van der Waals surface area contributed by atoms with E-state index >= 15 is 0 Å². The minimum absolute atomic E-state index is 0.239. The normalized spacial score (nSPS) is 13.2. The fourth-order valence-corrected chi connectivity index (χ4v) is 2.79. The molecule has 1 unspecified atom stereocenters. The first kappa shape index (κ1) is 13.8. The third-order valence-electron chi connectivity index (χ3n) is 4.12. The van der Waals surface area contributed by atoms with Crippen LogP contribution in [0.25, 0.3) is 21.7 Å². The van der Waals surface area contributed by atoms with Crippen LogP contribution in [0.3, 0.4) is 0 Å². The van der Waals surface area contributed by atoms with Crippen LogP contribution in [0.4, 0.5) is 0 Å². The number of hydrogen-bond acceptors (Lipinski definition) is 3. The van der Waals surface area contributed by atoms with Gasteiger partial charge < -0.3 is 9.32 Å². The highest BCUT2D eigenvalue weighted by Gasteiger charge is 2.17. The first-order valence-corrected chi connectivity index (χ1v) is 7.11. The summed E-state index contributed by atoms with van der Waals surface area (Å²) in [6.07, 6.45) is 0. The molecule has 21 heavy (non-hydrogen) atoms. The topological polar surface area (TPSA) is 33.5 Å². The standard InChI is InChI=1S/C18H19NO2/c1-11-9-15(12(2)19(3)4)17-13-7-5-6-8-14(13)18(20)21-16(17)10-11/h5-10,12H,1-4H3. The molecule has 0 radical (unpaired) electrons. The predicted molar refractivity (Wildman–Crippen MR) is 86.8 cm³/mol. The Bertz CT molecular complexity index is 877. The van der Waals surface area contributed by atoms with Crippen molar-refractivity contribution in [2.75, 3.05) is 14.1 Å². The summed E-state index contributed by atoms with van der Waals surface area (Å²) in [6.45, 7) is 4.19. The van der Waals surface area contributed by atoms with E-state index < -0.39 is 0 Å². The molecule has 2 aromatic carbocycles. The monoisotopic (exact) mass is 281 g/mol. The zero-order chi connectivity index (χ0) is 15.1. The van der Waals surface area contributed by atoms with Gasteiger partial charge in [-0.25, -0.2) is 4.79 Å². The van der Waals surface area contributed by atoms with Crippen molar-refractivity contribution in [1.29, 1.82) is 0 Å². The van der Waals surface area contributed by atoms with Crippen LogP contribution in [0.2, 0.25) is 0 Å². The molecule has 0 aliphatic carbocycles. The second-order valence-corrected chi connectivity index (χ2v) is 5.80. The molecule has 1 heterocycles. The molecule has 0 amide bonds. The van der Waals surface area contributed by atoms with Crippen molar-refractivity contribution in [1.82, 2.24) is 4.90 Å². The second kappa shape index (κ2) is 5.01. The molecule has 0 spiro atoms. The molecular formula is C18H19NO2. The van der Waals surface area contributed by atoms with Crippen molar-refractivity contribution in [3.8, 4) is 0 Å². The van der Waals surface area contributed by atoms with E-state index in [9.17, 15) is 4.79 Å². The van der Waals surface area contributed by atoms with Gasteiger partial charge in [0.25, 0.3) is 0 Å². The lowest BCUT2D eigenvalue weighted by Crippen LogP contribution is -2.17. The van der Waals surface area contributed by atoms with Crippen LogP contribution in [-0.4, -0.2) is 19.0 Å². The van der Waals surface area contributed by atoms with Crippen LogP contribution in [0.1, 0.15) is 24.1 Å².